The maximum atomic E-state index is 12.7. The van der Waals surface area contributed by atoms with Gasteiger partial charge < -0.3 is 15.7 Å². The Kier molecular flexibility index (Phi) is 6.30. The molecule has 0 bridgehead atoms. The summed E-state index contributed by atoms with van der Waals surface area (Å²) in [5.41, 5.74) is 1.88. The molecule has 1 heterocycles. The molecule has 1 atom stereocenters. The molecule has 0 saturated carbocycles. The molecule has 1 aliphatic heterocycles. The minimum Gasteiger partial charge on any atom is -0.388 e. The highest BCUT2D eigenvalue weighted by Crippen LogP contribution is 2.20. The number of nitrogens with one attached hydrogen (secondary N) is 2. The number of halogens is 1. The molecule has 26 heavy (non-hydrogen) atoms. The quantitative estimate of drug-likeness (QED) is 0.755. The lowest BCUT2D eigenvalue weighted by atomic mass is 9.94. The summed E-state index contributed by atoms with van der Waals surface area (Å²) in [5.74, 6) is -0.139. The second-order valence-electron chi connectivity index (χ2n) is 6.97. The minimum atomic E-state index is -0.829. The van der Waals surface area contributed by atoms with Crippen LogP contribution in [0.1, 0.15) is 40.7 Å². The summed E-state index contributed by atoms with van der Waals surface area (Å²) in [5, 5.41) is 17.6. The summed E-state index contributed by atoms with van der Waals surface area (Å²) < 4.78 is 0. The van der Waals surface area contributed by atoms with Crippen LogP contribution in [0.2, 0.25) is 5.02 Å². The van der Waals surface area contributed by atoms with Gasteiger partial charge in [-0.3, -0.25) is 4.79 Å². The number of hydrogen-bond donors (Lipinski definition) is 3. The van der Waals surface area contributed by atoms with E-state index in [1.165, 1.54) is 0 Å². The second kappa shape index (κ2) is 8.67. The SMILES string of the molecule is O=C(NCC1(O)CCCNCC1)c1ccccc1Cc1ccc(Cl)cc1. The lowest BCUT2D eigenvalue weighted by molar-refractivity contribution is 0.0275. The molecule has 0 aliphatic carbocycles. The van der Waals surface area contributed by atoms with Crippen LogP contribution in [0.4, 0.5) is 0 Å². The molecule has 0 radical (unpaired) electrons. The fourth-order valence-electron chi connectivity index (χ4n) is 3.35. The highest BCUT2D eigenvalue weighted by Gasteiger charge is 2.28. The van der Waals surface area contributed by atoms with Crippen LogP contribution in [0.5, 0.6) is 0 Å². The van der Waals surface area contributed by atoms with Crippen LogP contribution in [0.15, 0.2) is 48.5 Å². The average molecular weight is 373 g/mol. The molecule has 5 heteroatoms. The van der Waals surface area contributed by atoms with Gasteiger partial charge in [-0.05, 0) is 68.1 Å². The zero-order valence-electron chi connectivity index (χ0n) is 14.8. The Bertz CT molecular complexity index is 738. The highest BCUT2D eigenvalue weighted by molar-refractivity contribution is 6.30. The summed E-state index contributed by atoms with van der Waals surface area (Å²) in [7, 11) is 0. The normalized spacial score (nSPS) is 20.4. The molecule has 2 aromatic rings. The van der Waals surface area contributed by atoms with Crippen LogP contribution in [0, 0.1) is 0 Å². The Morgan fingerprint density at radius 3 is 2.69 bits per heavy atom. The van der Waals surface area contributed by atoms with Crippen LogP contribution in [0.25, 0.3) is 0 Å². The first-order valence-corrected chi connectivity index (χ1v) is 9.47. The summed E-state index contributed by atoms with van der Waals surface area (Å²) in [6, 6.07) is 15.3. The van der Waals surface area contributed by atoms with E-state index in [1.807, 2.05) is 48.5 Å². The van der Waals surface area contributed by atoms with Gasteiger partial charge in [-0.25, -0.2) is 0 Å². The lowest BCUT2D eigenvalue weighted by Crippen LogP contribution is -2.43. The third-order valence-corrected chi connectivity index (χ3v) is 5.16. The van der Waals surface area contributed by atoms with Crippen LogP contribution in [0.3, 0.4) is 0 Å². The number of amides is 1. The van der Waals surface area contributed by atoms with Crippen molar-refractivity contribution in [2.24, 2.45) is 0 Å². The van der Waals surface area contributed by atoms with E-state index in [0.29, 0.717) is 29.8 Å². The zero-order chi connectivity index (χ0) is 18.4. The van der Waals surface area contributed by atoms with Crippen molar-refractivity contribution in [3.05, 3.63) is 70.2 Å². The van der Waals surface area contributed by atoms with Gasteiger partial charge in [0.15, 0.2) is 0 Å². The van der Waals surface area contributed by atoms with E-state index in [2.05, 4.69) is 10.6 Å². The van der Waals surface area contributed by atoms with Gasteiger partial charge >= 0.3 is 0 Å². The number of benzene rings is 2. The molecular weight excluding hydrogens is 348 g/mol. The van der Waals surface area contributed by atoms with E-state index >= 15 is 0 Å². The van der Waals surface area contributed by atoms with Gasteiger partial charge in [-0.1, -0.05) is 41.9 Å². The summed E-state index contributed by atoms with van der Waals surface area (Å²) in [4.78, 5) is 12.7. The van der Waals surface area contributed by atoms with Gasteiger partial charge in [0.2, 0.25) is 0 Å². The molecule has 1 saturated heterocycles. The van der Waals surface area contributed by atoms with Crippen molar-refractivity contribution in [3.8, 4) is 0 Å². The van der Waals surface area contributed by atoms with E-state index in [-0.39, 0.29) is 12.5 Å². The van der Waals surface area contributed by atoms with E-state index in [9.17, 15) is 9.90 Å². The molecule has 4 nitrogen and oxygen atoms in total. The first-order chi connectivity index (χ1) is 12.6. The maximum Gasteiger partial charge on any atom is 0.251 e. The van der Waals surface area contributed by atoms with Crippen molar-refractivity contribution >= 4 is 17.5 Å². The van der Waals surface area contributed by atoms with Gasteiger partial charge in [0.25, 0.3) is 5.91 Å². The summed E-state index contributed by atoms with van der Waals surface area (Å²) in [6.45, 7) is 1.97. The molecule has 138 valence electrons. The Labute approximate surface area is 159 Å². The number of hydrogen-bond acceptors (Lipinski definition) is 3. The fraction of sp³-hybridized carbons (Fsp3) is 0.381. The molecular formula is C21H25ClN2O2. The Morgan fingerprint density at radius 2 is 1.88 bits per heavy atom. The van der Waals surface area contributed by atoms with Gasteiger partial charge in [0.05, 0.1) is 5.60 Å². The topological polar surface area (TPSA) is 61.4 Å². The van der Waals surface area contributed by atoms with Crippen molar-refractivity contribution < 1.29 is 9.90 Å². The average Bonchev–Trinajstić information content (AvgIpc) is 2.87. The molecule has 0 spiro atoms. The molecule has 1 aliphatic rings. The fourth-order valence-corrected chi connectivity index (χ4v) is 3.47. The van der Waals surface area contributed by atoms with E-state index < -0.39 is 5.60 Å². The Balaban J connectivity index is 1.68. The molecule has 1 unspecified atom stereocenters. The van der Waals surface area contributed by atoms with Gasteiger partial charge in [-0.15, -0.1) is 0 Å². The molecule has 3 rings (SSSR count). The maximum absolute atomic E-state index is 12.7. The number of carbonyl (C=O) groups excluding carboxylic acids is 1. The van der Waals surface area contributed by atoms with Crippen molar-refractivity contribution in [1.29, 1.82) is 0 Å². The molecule has 1 amide bonds. The van der Waals surface area contributed by atoms with Crippen LogP contribution in [-0.2, 0) is 6.42 Å². The van der Waals surface area contributed by atoms with Crippen LogP contribution >= 0.6 is 11.6 Å². The van der Waals surface area contributed by atoms with Crippen LogP contribution in [-0.4, -0.2) is 36.2 Å². The number of aliphatic hydroxyl groups is 1. The predicted octanol–water partition coefficient (Wildman–Crippen LogP) is 3.17. The van der Waals surface area contributed by atoms with E-state index in [1.54, 1.807) is 0 Å². The van der Waals surface area contributed by atoms with Crippen molar-refractivity contribution in [2.45, 2.75) is 31.3 Å². The number of carbonyl (C=O) groups is 1. The van der Waals surface area contributed by atoms with Crippen LogP contribution < -0.4 is 10.6 Å². The molecule has 3 N–H and O–H groups in total. The first-order valence-electron chi connectivity index (χ1n) is 9.09. The van der Waals surface area contributed by atoms with E-state index in [0.717, 1.165) is 30.6 Å². The van der Waals surface area contributed by atoms with Crippen molar-refractivity contribution in [3.63, 3.8) is 0 Å². The molecule has 0 aromatic heterocycles. The third kappa shape index (κ3) is 5.07. The third-order valence-electron chi connectivity index (χ3n) is 4.91. The highest BCUT2D eigenvalue weighted by atomic mass is 35.5. The summed E-state index contributed by atoms with van der Waals surface area (Å²) in [6.07, 6.45) is 2.93. The Morgan fingerprint density at radius 1 is 1.12 bits per heavy atom. The Hall–Kier alpha value is -1.88. The monoisotopic (exact) mass is 372 g/mol. The number of rotatable bonds is 5. The van der Waals surface area contributed by atoms with Gasteiger partial charge in [0.1, 0.15) is 0 Å². The molecule has 1 fully saturated rings. The van der Waals surface area contributed by atoms with Crippen molar-refractivity contribution in [2.75, 3.05) is 19.6 Å². The predicted molar refractivity (Wildman–Crippen MR) is 105 cm³/mol. The second-order valence-corrected chi connectivity index (χ2v) is 7.41. The van der Waals surface area contributed by atoms with Gasteiger partial charge in [0, 0.05) is 17.1 Å². The standard InChI is InChI=1S/C21H25ClN2O2/c22-18-8-6-16(7-9-18)14-17-4-1-2-5-19(17)20(25)24-15-21(26)10-3-12-23-13-11-21/h1-2,4-9,23,26H,3,10-15H2,(H,24,25). The van der Waals surface area contributed by atoms with Crippen molar-refractivity contribution in [1.82, 2.24) is 10.6 Å². The zero-order valence-corrected chi connectivity index (χ0v) is 15.6. The largest absolute Gasteiger partial charge is 0.388 e. The van der Waals surface area contributed by atoms with E-state index in [4.69, 9.17) is 11.6 Å². The first kappa shape index (κ1) is 18.9. The minimum absolute atomic E-state index is 0.139. The smallest absolute Gasteiger partial charge is 0.251 e. The lowest BCUT2D eigenvalue weighted by Gasteiger charge is -2.26. The summed E-state index contributed by atoms with van der Waals surface area (Å²) >= 11 is 5.94. The molecule has 2 aromatic carbocycles. The van der Waals surface area contributed by atoms with Gasteiger partial charge in [-0.2, -0.15) is 0 Å².